The van der Waals surface area contributed by atoms with Crippen LogP contribution in [0, 0.1) is 13.8 Å². The number of benzene rings is 1. The van der Waals surface area contributed by atoms with Gasteiger partial charge in [-0.3, -0.25) is 5.10 Å². The van der Waals surface area contributed by atoms with Gasteiger partial charge in [0.05, 0.1) is 0 Å². The molecule has 0 aliphatic heterocycles. The summed E-state index contributed by atoms with van der Waals surface area (Å²) in [5, 5.41) is 15.8. The monoisotopic (exact) mass is 231 g/mol. The summed E-state index contributed by atoms with van der Waals surface area (Å²) in [4.78, 5) is 11.1. The van der Waals surface area contributed by atoms with Gasteiger partial charge in [-0.15, -0.1) is 0 Å². The van der Waals surface area contributed by atoms with Gasteiger partial charge in [0.2, 0.25) is 0 Å². The maximum atomic E-state index is 11.1. The van der Waals surface area contributed by atoms with Crippen molar-refractivity contribution in [1.82, 2.24) is 10.2 Å². The van der Waals surface area contributed by atoms with Gasteiger partial charge >= 0.3 is 5.97 Å². The summed E-state index contributed by atoms with van der Waals surface area (Å²) in [7, 11) is 0. The number of aromatic carboxylic acids is 1. The first-order valence-corrected chi connectivity index (χ1v) is 5.15. The van der Waals surface area contributed by atoms with Gasteiger partial charge in [-0.1, -0.05) is 12.1 Å². The van der Waals surface area contributed by atoms with Gasteiger partial charge in [0.15, 0.2) is 0 Å². The summed E-state index contributed by atoms with van der Waals surface area (Å²) in [6, 6.07) is 5.39. The highest BCUT2D eigenvalue weighted by Crippen LogP contribution is 2.26. The first kappa shape index (κ1) is 11.2. The zero-order valence-corrected chi connectivity index (χ0v) is 9.61. The second-order valence-electron chi connectivity index (χ2n) is 3.95. The van der Waals surface area contributed by atoms with Crippen molar-refractivity contribution >= 4 is 11.7 Å². The first-order valence-electron chi connectivity index (χ1n) is 5.15. The average Bonchev–Trinajstić information content (AvgIpc) is 2.64. The summed E-state index contributed by atoms with van der Waals surface area (Å²) in [5.74, 6) is -0.995. The van der Waals surface area contributed by atoms with Gasteiger partial charge in [-0.25, -0.2) is 4.79 Å². The number of aryl methyl sites for hydroxylation is 2. The highest BCUT2D eigenvalue weighted by Gasteiger charge is 2.18. The standard InChI is InChI=1S/C12H13N3O2/c1-6-3-4-8(5-9(6)13)11-10(12(16)17)7(2)14-15-11/h3-5H,13H2,1-2H3,(H,14,15)(H,16,17). The van der Waals surface area contributed by atoms with Gasteiger partial charge in [0, 0.05) is 16.9 Å². The zero-order valence-electron chi connectivity index (χ0n) is 9.61. The van der Waals surface area contributed by atoms with E-state index >= 15 is 0 Å². The van der Waals surface area contributed by atoms with Crippen LogP contribution >= 0.6 is 0 Å². The topological polar surface area (TPSA) is 92.0 Å². The summed E-state index contributed by atoms with van der Waals surface area (Å²) in [6.07, 6.45) is 0. The molecule has 0 saturated heterocycles. The van der Waals surface area contributed by atoms with E-state index in [1.165, 1.54) is 0 Å². The number of rotatable bonds is 2. The molecule has 0 radical (unpaired) electrons. The van der Waals surface area contributed by atoms with Crippen LogP contribution in [0.1, 0.15) is 21.6 Å². The third kappa shape index (κ3) is 1.87. The first-order chi connectivity index (χ1) is 8.00. The van der Waals surface area contributed by atoms with Gasteiger partial charge in [0.25, 0.3) is 0 Å². The predicted molar refractivity (Wildman–Crippen MR) is 64.9 cm³/mol. The summed E-state index contributed by atoms with van der Waals surface area (Å²) in [5.41, 5.74) is 9.23. The molecule has 0 aliphatic rings. The molecular formula is C12H13N3O2. The quantitative estimate of drug-likeness (QED) is 0.689. The van der Waals surface area contributed by atoms with Crippen molar-refractivity contribution < 1.29 is 9.90 Å². The van der Waals surface area contributed by atoms with Crippen LogP contribution in [0.3, 0.4) is 0 Å². The van der Waals surface area contributed by atoms with E-state index in [4.69, 9.17) is 10.8 Å². The largest absolute Gasteiger partial charge is 0.478 e. The lowest BCUT2D eigenvalue weighted by Gasteiger charge is -2.03. The number of nitrogens with two attached hydrogens (primary N) is 1. The van der Waals surface area contributed by atoms with Crippen LogP contribution in [0.25, 0.3) is 11.3 Å². The van der Waals surface area contributed by atoms with E-state index in [0.29, 0.717) is 22.6 Å². The zero-order chi connectivity index (χ0) is 12.6. The molecule has 5 heteroatoms. The Balaban J connectivity index is 2.60. The van der Waals surface area contributed by atoms with Crippen LogP contribution in [-0.4, -0.2) is 21.3 Å². The lowest BCUT2D eigenvalue weighted by Crippen LogP contribution is -2.00. The van der Waals surface area contributed by atoms with Crippen molar-refractivity contribution in [1.29, 1.82) is 0 Å². The van der Waals surface area contributed by atoms with Crippen LogP contribution in [0.5, 0.6) is 0 Å². The van der Waals surface area contributed by atoms with E-state index in [1.54, 1.807) is 13.0 Å². The van der Waals surface area contributed by atoms with E-state index in [1.807, 2.05) is 19.1 Å². The molecule has 0 unspecified atom stereocenters. The van der Waals surface area contributed by atoms with E-state index in [2.05, 4.69) is 10.2 Å². The molecule has 0 aliphatic carbocycles. The Kier molecular flexibility index (Phi) is 2.59. The molecule has 1 aromatic carbocycles. The number of aromatic nitrogens is 2. The molecule has 1 aromatic heterocycles. The number of carbonyl (C=O) groups is 1. The number of nitrogen functional groups attached to an aromatic ring is 1. The lowest BCUT2D eigenvalue weighted by molar-refractivity contribution is 0.0697. The number of hydrogen-bond donors (Lipinski definition) is 3. The molecule has 4 N–H and O–H groups in total. The van der Waals surface area contributed by atoms with Gasteiger partial charge in [-0.2, -0.15) is 5.10 Å². The number of carboxylic acids is 1. The van der Waals surface area contributed by atoms with Crippen LogP contribution in [0.4, 0.5) is 5.69 Å². The molecule has 2 rings (SSSR count). The Morgan fingerprint density at radius 3 is 2.71 bits per heavy atom. The molecule has 0 spiro atoms. The molecule has 1 heterocycles. The fourth-order valence-electron chi connectivity index (χ4n) is 1.69. The second-order valence-corrected chi connectivity index (χ2v) is 3.95. The Labute approximate surface area is 98.3 Å². The predicted octanol–water partition coefficient (Wildman–Crippen LogP) is 1.97. The van der Waals surface area contributed by atoms with Crippen LogP contribution in [0.2, 0.25) is 0 Å². The number of aromatic amines is 1. The smallest absolute Gasteiger partial charge is 0.339 e. The molecule has 17 heavy (non-hydrogen) atoms. The van der Waals surface area contributed by atoms with Crippen molar-refractivity contribution in [3.63, 3.8) is 0 Å². The Bertz CT molecular complexity index is 587. The number of anilines is 1. The normalized spacial score (nSPS) is 10.5. The molecule has 2 aromatic rings. The maximum Gasteiger partial charge on any atom is 0.339 e. The summed E-state index contributed by atoms with van der Waals surface area (Å²) < 4.78 is 0. The third-order valence-electron chi connectivity index (χ3n) is 2.71. The van der Waals surface area contributed by atoms with Gasteiger partial charge in [0.1, 0.15) is 11.3 Å². The number of carboxylic acid groups (broad SMARTS) is 1. The molecule has 0 amide bonds. The molecule has 0 fully saturated rings. The van der Waals surface area contributed by atoms with Gasteiger partial charge in [-0.05, 0) is 25.5 Å². The fraction of sp³-hybridized carbons (Fsp3) is 0.167. The highest BCUT2D eigenvalue weighted by molar-refractivity contribution is 5.96. The van der Waals surface area contributed by atoms with Crippen molar-refractivity contribution in [2.75, 3.05) is 5.73 Å². The highest BCUT2D eigenvalue weighted by atomic mass is 16.4. The van der Waals surface area contributed by atoms with Crippen molar-refractivity contribution in [2.24, 2.45) is 0 Å². The van der Waals surface area contributed by atoms with Gasteiger partial charge < -0.3 is 10.8 Å². The molecule has 0 atom stereocenters. The van der Waals surface area contributed by atoms with E-state index in [-0.39, 0.29) is 5.56 Å². The number of nitrogens with zero attached hydrogens (tertiary/aromatic N) is 1. The molecule has 5 nitrogen and oxygen atoms in total. The molecule has 0 saturated carbocycles. The maximum absolute atomic E-state index is 11.1. The number of nitrogens with one attached hydrogen (secondary N) is 1. The summed E-state index contributed by atoms with van der Waals surface area (Å²) in [6.45, 7) is 3.57. The van der Waals surface area contributed by atoms with E-state index in [0.717, 1.165) is 5.56 Å². The Hall–Kier alpha value is -2.30. The van der Waals surface area contributed by atoms with Crippen molar-refractivity contribution in [3.8, 4) is 11.3 Å². The SMILES string of the molecule is Cc1ccc(-c2n[nH]c(C)c2C(=O)O)cc1N. The minimum Gasteiger partial charge on any atom is -0.478 e. The minimum atomic E-state index is -0.995. The minimum absolute atomic E-state index is 0.188. The van der Waals surface area contributed by atoms with Crippen LogP contribution in [-0.2, 0) is 0 Å². The number of hydrogen-bond acceptors (Lipinski definition) is 3. The molecule has 0 bridgehead atoms. The second kappa shape index (κ2) is 3.93. The lowest BCUT2D eigenvalue weighted by atomic mass is 10.0. The average molecular weight is 231 g/mol. The van der Waals surface area contributed by atoms with E-state index in [9.17, 15) is 4.79 Å². The van der Waals surface area contributed by atoms with Crippen molar-refractivity contribution in [2.45, 2.75) is 13.8 Å². The number of H-pyrrole nitrogens is 1. The van der Waals surface area contributed by atoms with Crippen molar-refractivity contribution in [3.05, 3.63) is 35.0 Å². The Morgan fingerprint density at radius 2 is 2.12 bits per heavy atom. The van der Waals surface area contributed by atoms with Crippen LogP contribution < -0.4 is 5.73 Å². The fourth-order valence-corrected chi connectivity index (χ4v) is 1.69. The summed E-state index contributed by atoms with van der Waals surface area (Å²) >= 11 is 0. The third-order valence-corrected chi connectivity index (χ3v) is 2.71. The molecular weight excluding hydrogens is 218 g/mol. The van der Waals surface area contributed by atoms with E-state index < -0.39 is 5.97 Å². The Morgan fingerprint density at radius 1 is 1.41 bits per heavy atom. The molecule has 88 valence electrons. The van der Waals surface area contributed by atoms with Crippen LogP contribution in [0.15, 0.2) is 18.2 Å².